The lowest BCUT2D eigenvalue weighted by Gasteiger charge is -2.36. The molecular formula is C16H18FNO2. The molecule has 1 saturated carbocycles. The number of halogens is 1. The van der Waals surface area contributed by atoms with Gasteiger partial charge in [-0.05, 0) is 48.6 Å². The lowest BCUT2D eigenvalue weighted by molar-refractivity contribution is 0.134. The Hall–Kier alpha value is -1.65. The second-order valence-corrected chi connectivity index (χ2v) is 5.36. The van der Waals surface area contributed by atoms with E-state index in [1.807, 2.05) is 12.1 Å². The summed E-state index contributed by atoms with van der Waals surface area (Å²) in [5.74, 6) is 0.894. The van der Waals surface area contributed by atoms with Crippen molar-refractivity contribution in [2.24, 2.45) is 0 Å². The minimum atomic E-state index is -0.602. The number of benzene rings is 1. The van der Waals surface area contributed by atoms with Gasteiger partial charge in [0.1, 0.15) is 17.7 Å². The number of furan rings is 1. The summed E-state index contributed by atoms with van der Waals surface area (Å²) in [4.78, 5) is 0. The molecule has 1 aromatic heterocycles. The van der Waals surface area contributed by atoms with E-state index in [2.05, 4.69) is 5.32 Å². The van der Waals surface area contributed by atoms with Gasteiger partial charge in [0.05, 0.1) is 6.26 Å². The molecule has 2 N–H and O–H groups in total. The van der Waals surface area contributed by atoms with Crippen LogP contribution in [-0.4, -0.2) is 17.7 Å². The Morgan fingerprint density at radius 2 is 2.00 bits per heavy atom. The molecule has 1 heterocycles. The van der Waals surface area contributed by atoms with Crippen molar-refractivity contribution in [1.82, 2.24) is 5.32 Å². The standard InChI is InChI=1S/C16H18FNO2/c17-13-5-3-11(4-6-13)12-8-14(9-12)18-10-15(19)16-2-1-7-20-16/h1-7,12,14-15,18-19H,8-10H2. The number of aliphatic hydroxyl groups excluding tert-OH is 1. The summed E-state index contributed by atoms with van der Waals surface area (Å²) in [6.45, 7) is 0.494. The zero-order valence-electron chi connectivity index (χ0n) is 11.1. The summed E-state index contributed by atoms with van der Waals surface area (Å²) in [7, 11) is 0. The van der Waals surface area contributed by atoms with Crippen LogP contribution in [-0.2, 0) is 0 Å². The fraction of sp³-hybridized carbons (Fsp3) is 0.375. The minimum Gasteiger partial charge on any atom is -0.467 e. The van der Waals surface area contributed by atoms with E-state index in [4.69, 9.17) is 4.42 Å². The summed E-state index contributed by atoms with van der Waals surface area (Å²) in [6.07, 6.45) is 3.01. The first kappa shape index (κ1) is 13.3. The van der Waals surface area contributed by atoms with Crippen molar-refractivity contribution in [3.8, 4) is 0 Å². The van der Waals surface area contributed by atoms with Gasteiger partial charge in [-0.3, -0.25) is 0 Å². The summed E-state index contributed by atoms with van der Waals surface area (Å²) >= 11 is 0. The molecule has 1 fully saturated rings. The average Bonchev–Trinajstić information content (AvgIpc) is 2.92. The molecule has 4 heteroatoms. The van der Waals surface area contributed by atoms with Crippen LogP contribution in [0.4, 0.5) is 4.39 Å². The molecule has 1 unspecified atom stereocenters. The van der Waals surface area contributed by atoms with Gasteiger partial charge < -0.3 is 14.8 Å². The Kier molecular flexibility index (Phi) is 3.85. The van der Waals surface area contributed by atoms with Gasteiger partial charge in [-0.2, -0.15) is 0 Å². The van der Waals surface area contributed by atoms with E-state index in [1.165, 1.54) is 17.7 Å². The molecule has 0 bridgehead atoms. The number of hydrogen-bond donors (Lipinski definition) is 2. The fourth-order valence-electron chi connectivity index (χ4n) is 2.65. The quantitative estimate of drug-likeness (QED) is 0.881. The van der Waals surface area contributed by atoms with Crippen molar-refractivity contribution in [2.45, 2.75) is 30.9 Å². The Labute approximate surface area is 117 Å². The van der Waals surface area contributed by atoms with Gasteiger partial charge in [0.2, 0.25) is 0 Å². The first-order chi connectivity index (χ1) is 9.72. The van der Waals surface area contributed by atoms with Gasteiger partial charge in [0, 0.05) is 12.6 Å². The zero-order chi connectivity index (χ0) is 13.9. The van der Waals surface area contributed by atoms with Crippen molar-refractivity contribution >= 4 is 0 Å². The van der Waals surface area contributed by atoms with E-state index in [-0.39, 0.29) is 5.82 Å². The summed E-state index contributed by atoms with van der Waals surface area (Å²) < 4.78 is 18.0. The van der Waals surface area contributed by atoms with E-state index in [0.717, 1.165) is 12.8 Å². The first-order valence-electron chi connectivity index (χ1n) is 6.92. The van der Waals surface area contributed by atoms with Gasteiger partial charge in [0.15, 0.2) is 0 Å². The van der Waals surface area contributed by atoms with E-state index < -0.39 is 6.10 Å². The van der Waals surface area contributed by atoms with Crippen LogP contribution in [0.2, 0.25) is 0 Å². The highest BCUT2D eigenvalue weighted by molar-refractivity contribution is 5.23. The molecule has 1 atom stereocenters. The lowest BCUT2D eigenvalue weighted by atomic mass is 9.76. The molecule has 1 aromatic carbocycles. The van der Waals surface area contributed by atoms with Crippen molar-refractivity contribution in [3.63, 3.8) is 0 Å². The Morgan fingerprint density at radius 1 is 1.25 bits per heavy atom. The monoisotopic (exact) mass is 275 g/mol. The highest BCUT2D eigenvalue weighted by atomic mass is 19.1. The molecule has 20 heavy (non-hydrogen) atoms. The highest BCUT2D eigenvalue weighted by Crippen LogP contribution is 2.36. The van der Waals surface area contributed by atoms with Crippen LogP contribution in [0.3, 0.4) is 0 Å². The smallest absolute Gasteiger partial charge is 0.133 e. The maximum absolute atomic E-state index is 12.8. The molecule has 1 aliphatic carbocycles. The fourth-order valence-corrected chi connectivity index (χ4v) is 2.65. The van der Waals surface area contributed by atoms with Crippen molar-refractivity contribution in [2.75, 3.05) is 6.54 Å². The molecule has 0 amide bonds. The Morgan fingerprint density at radius 3 is 2.65 bits per heavy atom. The molecule has 2 aromatic rings. The van der Waals surface area contributed by atoms with Crippen LogP contribution in [0.5, 0.6) is 0 Å². The van der Waals surface area contributed by atoms with Crippen LogP contribution >= 0.6 is 0 Å². The van der Waals surface area contributed by atoms with Crippen LogP contribution < -0.4 is 5.32 Å². The molecule has 0 saturated heterocycles. The van der Waals surface area contributed by atoms with Crippen LogP contribution in [0.25, 0.3) is 0 Å². The van der Waals surface area contributed by atoms with Crippen molar-refractivity contribution < 1.29 is 13.9 Å². The number of nitrogens with one attached hydrogen (secondary N) is 1. The molecular weight excluding hydrogens is 257 g/mol. The SMILES string of the molecule is OC(CNC1CC(c2ccc(F)cc2)C1)c1ccco1. The Bertz CT molecular complexity index is 532. The molecule has 0 aliphatic heterocycles. The van der Waals surface area contributed by atoms with Gasteiger partial charge >= 0.3 is 0 Å². The molecule has 0 radical (unpaired) electrons. The molecule has 3 nitrogen and oxygen atoms in total. The molecule has 0 spiro atoms. The molecule has 3 rings (SSSR count). The lowest BCUT2D eigenvalue weighted by Crippen LogP contribution is -2.41. The largest absolute Gasteiger partial charge is 0.467 e. The second-order valence-electron chi connectivity index (χ2n) is 5.36. The van der Waals surface area contributed by atoms with Gasteiger partial charge in [-0.25, -0.2) is 4.39 Å². The van der Waals surface area contributed by atoms with Gasteiger partial charge in [-0.1, -0.05) is 12.1 Å². The Balaban J connectivity index is 1.43. The number of rotatable bonds is 5. The van der Waals surface area contributed by atoms with E-state index in [0.29, 0.717) is 24.3 Å². The van der Waals surface area contributed by atoms with E-state index >= 15 is 0 Å². The molecule has 1 aliphatic rings. The van der Waals surface area contributed by atoms with Crippen molar-refractivity contribution in [3.05, 3.63) is 59.8 Å². The third-order valence-corrected chi connectivity index (χ3v) is 3.95. The summed E-state index contributed by atoms with van der Waals surface area (Å²) in [6, 6.07) is 10.7. The van der Waals surface area contributed by atoms with E-state index in [9.17, 15) is 9.50 Å². The van der Waals surface area contributed by atoms with Crippen LogP contribution in [0, 0.1) is 5.82 Å². The minimum absolute atomic E-state index is 0.190. The highest BCUT2D eigenvalue weighted by Gasteiger charge is 2.30. The normalized spacial score (nSPS) is 23.3. The van der Waals surface area contributed by atoms with Crippen LogP contribution in [0.1, 0.15) is 36.2 Å². The van der Waals surface area contributed by atoms with Gasteiger partial charge in [-0.15, -0.1) is 0 Å². The zero-order valence-corrected chi connectivity index (χ0v) is 11.1. The molecule has 106 valence electrons. The summed E-state index contributed by atoms with van der Waals surface area (Å²) in [5, 5.41) is 13.2. The topological polar surface area (TPSA) is 45.4 Å². The predicted octanol–water partition coefficient (Wildman–Crippen LogP) is 2.99. The summed E-state index contributed by atoms with van der Waals surface area (Å²) in [5.41, 5.74) is 1.19. The third kappa shape index (κ3) is 2.92. The maximum atomic E-state index is 12.8. The maximum Gasteiger partial charge on any atom is 0.133 e. The first-order valence-corrected chi connectivity index (χ1v) is 6.92. The van der Waals surface area contributed by atoms with Gasteiger partial charge in [0.25, 0.3) is 0 Å². The number of hydrogen-bond acceptors (Lipinski definition) is 3. The van der Waals surface area contributed by atoms with Crippen molar-refractivity contribution in [1.29, 1.82) is 0 Å². The predicted molar refractivity (Wildman–Crippen MR) is 73.8 cm³/mol. The third-order valence-electron chi connectivity index (χ3n) is 3.95. The average molecular weight is 275 g/mol. The van der Waals surface area contributed by atoms with Crippen LogP contribution in [0.15, 0.2) is 47.1 Å². The second kappa shape index (κ2) is 5.77. The van der Waals surface area contributed by atoms with E-state index in [1.54, 1.807) is 18.4 Å². The number of aliphatic hydroxyl groups is 1.